The number of nitrogens with one attached hydrogen (secondary N) is 2. The van der Waals surface area contributed by atoms with Gasteiger partial charge in [-0.3, -0.25) is 9.59 Å². The third-order valence-electron chi connectivity index (χ3n) is 4.01. The van der Waals surface area contributed by atoms with Gasteiger partial charge in [0.1, 0.15) is 5.75 Å². The molecule has 0 unspecified atom stereocenters. The topological polar surface area (TPSA) is 79.8 Å². The van der Waals surface area contributed by atoms with Gasteiger partial charge < -0.3 is 10.1 Å². The van der Waals surface area contributed by atoms with Crippen molar-refractivity contribution in [1.29, 1.82) is 0 Å². The van der Waals surface area contributed by atoms with Crippen LogP contribution in [0.1, 0.15) is 15.9 Å². The summed E-state index contributed by atoms with van der Waals surface area (Å²) in [6.45, 7) is -0.187. The molecule has 0 heterocycles. The Labute approximate surface area is 204 Å². The molecule has 3 aromatic carbocycles. The van der Waals surface area contributed by atoms with Crippen LogP contribution in [0.25, 0.3) is 0 Å². The van der Waals surface area contributed by atoms with Crippen LogP contribution >= 0.6 is 46.4 Å². The first-order valence-electron chi connectivity index (χ1n) is 9.08. The lowest BCUT2D eigenvalue weighted by Crippen LogP contribution is -2.20. The van der Waals surface area contributed by atoms with Crippen molar-refractivity contribution in [2.75, 3.05) is 11.9 Å². The number of hydrogen-bond donors (Lipinski definition) is 2. The van der Waals surface area contributed by atoms with Crippen molar-refractivity contribution in [3.63, 3.8) is 0 Å². The zero-order valence-corrected chi connectivity index (χ0v) is 19.3. The molecule has 0 saturated heterocycles. The van der Waals surface area contributed by atoms with Crippen molar-refractivity contribution in [2.45, 2.75) is 0 Å². The van der Waals surface area contributed by atoms with E-state index in [4.69, 9.17) is 51.1 Å². The maximum Gasteiger partial charge on any atom is 0.271 e. The van der Waals surface area contributed by atoms with Gasteiger partial charge in [0.25, 0.3) is 11.8 Å². The van der Waals surface area contributed by atoms with Gasteiger partial charge in [-0.2, -0.15) is 5.10 Å². The summed E-state index contributed by atoms with van der Waals surface area (Å²) in [7, 11) is 0. The molecular formula is C22H15Cl4N3O3. The average molecular weight is 511 g/mol. The molecule has 164 valence electrons. The van der Waals surface area contributed by atoms with Crippen molar-refractivity contribution >= 4 is 70.1 Å². The van der Waals surface area contributed by atoms with Crippen LogP contribution in [0.4, 0.5) is 5.69 Å². The van der Waals surface area contributed by atoms with Gasteiger partial charge in [0.2, 0.25) is 0 Å². The summed E-state index contributed by atoms with van der Waals surface area (Å²) in [5.41, 5.74) is 3.97. The number of ether oxygens (including phenoxy) is 1. The molecule has 3 rings (SSSR count). The number of hydrazone groups is 1. The zero-order chi connectivity index (χ0) is 23.1. The van der Waals surface area contributed by atoms with Crippen LogP contribution in [0.5, 0.6) is 5.75 Å². The number of anilines is 1. The summed E-state index contributed by atoms with van der Waals surface area (Å²) in [5, 5.41) is 7.96. The van der Waals surface area contributed by atoms with Gasteiger partial charge in [-0.1, -0.05) is 46.4 Å². The molecule has 0 aliphatic rings. The highest BCUT2D eigenvalue weighted by Gasteiger charge is 2.08. The molecule has 0 radical (unpaired) electrons. The first-order valence-corrected chi connectivity index (χ1v) is 10.6. The fourth-order valence-corrected chi connectivity index (χ4v) is 3.03. The highest BCUT2D eigenvalue weighted by Crippen LogP contribution is 2.25. The summed E-state index contributed by atoms with van der Waals surface area (Å²) in [6.07, 6.45) is 1.47. The minimum atomic E-state index is -0.423. The lowest BCUT2D eigenvalue weighted by molar-refractivity contribution is -0.118. The molecule has 0 fully saturated rings. The van der Waals surface area contributed by atoms with E-state index in [-0.39, 0.29) is 17.5 Å². The number of halogens is 4. The highest BCUT2D eigenvalue weighted by atomic mass is 35.5. The number of rotatable bonds is 7. The van der Waals surface area contributed by atoms with Gasteiger partial charge in [-0.05, 0) is 66.2 Å². The summed E-state index contributed by atoms with van der Waals surface area (Å²) < 4.78 is 5.46. The molecule has 6 nitrogen and oxygen atoms in total. The predicted molar refractivity (Wildman–Crippen MR) is 129 cm³/mol. The summed E-state index contributed by atoms with van der Waals surface area (Å²) >= 11 is 23.5. The van der Waals surface area contributed by atoms with E-state index >= 15 is 0 Å². The van der Waals surface area contributed by atoms with Crippen LogP contribution in [0.15, 0.2) is 65.8 Å². The summed E-state index contributed by atoms with van der Waals surface area (Å²) in [4.78, 5) is 24.1. The Morgan fingerprint density at radius 1 is 0.844 bits per heavy atom. The van der Waals surface area contributed by atoms with Crippen LogP contribution in [0, 0.1) is 0 Å². The van der Waals surface area contributed by atoms with E-state index in [2.05, 4.69) is 15.8 Å². The Balaban J connectivity index is 1.47. The largest absolute Gasteiger partial charge is 0.484 e. The standard InChI is InChI=1S/C22H15Cl4N3O3/c23-17-7-3-14(9-19(17)25)22(31)29-27-11-13-1-5-16(6-2-13)32-12-21(30)28-15-4-8-18(24)20(26)10-15/h1-11H,12H2,(H,28,30)(H,29,31)/b27-11-. The van der Waals surface area contributed by atoms with E-state index in [0.717, 1.165) is 0 Å². The van der Waals surface area contributed by atoms with Crippen LogP contribution < -0.4 is 15.5 Å². The average Bonchev–Trinajstić information content (AvgIpc) is 2.77. The second-order valence-electron chi connectivity index (χ2n) is 6.36. The quantitative estimate of drug-likeness (QED) is 0.298. The van der Waals surface area contributed by atoms with Crippen LogP contribution in [0.2, 0.25) is 20.1 Å². The smallest absolute Gasteiger partial charge is 0.271 e. The van der Waals surface area contributed by atoms with Gasteiger partial charge in [-0.25, -0.2) is 5.43 Å². The van der Waals surface area contributed by atoms with Gasteiger partial charge >= 0.3 is 0 Å². The van der Waals surface area contributed by atoms with Gasteiger partial charge in [-0.15, -0.1) is 0 Å². The van der Waals surface area contributed by atoms with Crippen molar-refractivity contribution in [3.05, 3.63) is 91.9 Å². The number of nitrogens with zero attached hydrogens (tertiary/aromatic N) is 1. The Kier molecular flexibility index (Phi) is 8.36. The van der Waals surface area contributed by atoms with Crippen molar-refractivity contribution in [3.8, 4) is 5.75 Å². The number of carbonyl (C=O) groups is 2. The maximum absolute atomic E-state index is 12.1. The van der Waals surface area contributed by atoms with E-state index in [1.54, 1.807) is 48.5 Å². The van der Waals surface area contributed by atoms with E-state index in [9.17, 15) is 9.59 Å². The molecule has 0 atom stereocenters. The second-order valence-corrected chi connectivity index (χ2v) is 7.99. The minimum Gasteiger partial charge on any atom is -0.484 e. The van der Waals surface area contributed by atoms with Gasteiger partial charge in [0.05, 0.1) is 26.3 Å². The molecule has 3 aromatic rings. The molecular weight excluding hydrogens is 496 g/mol. The van der Waals surface area contributed by atoms with E-state index in [1.165, 1.54) is 18.3 Å². The fraction of sp³-hybridized carbons (Fsp3) is 0.0455. The Morgan fingerprint density at radius 3 is 2.16 bits per heavy atom. The molecule has 0 saturated carbocycles. The number of amides is 2. The molecule has 2 amide bonds. The Morgan fingerprint density at radius 2 is 1.50 bits per heavy atom. The molecule has 0 bridgehead atoms. The molecule has 2 N–H and O–H groups in total. The molecule has 32 heavy (non-hydrogen) atoms. The SMILES string of the molecule is O=C(COc1ccc(/C=N\NC(=O)c2ccc(Cl)c(Cl)c2)cc1)Nc1ccc(Cl)c(Cl)c1. The summed E-state index contributed by atoms with van der Waals surface area (Å²) in [5.74, 6) is -0.280. The molecule has 0 spiro atoms. The minimum absolute atomic E-state index is 0.187. The number of benzene rings is 3. The third kappa shape index (κ3) is 6.87. The lowest BCUT2D eigenvalue weighted by atomic mass is 10.2. The fourth-order valence-electron chi connectivity index (χ4n) is 2.44. The second kappa shape index (κ2) is 11.2. The normalized spacial score (nSPS) is 10.8. The van der Waals surface area contributed by atoms with Gasteiger partial charge in [0.15, 0.2) is 6.61 Å². The Hall–Kier alpha value is -2.77. The van der Waals surface area contributed by atoms with Crippen LogP contribution in [-0.4, -0.2) is 24.6 Å². The first-order chi connectivity index (χ1) is 15.3. The molecule has 0 aliphatic carbocycles. The van der Waals surface area contributed by atoms with E-state index < -0.39 is 5.91 Å². The first kappa shape index (κ1) is 23.9. The monoisotopic (exact) mass is 509 g/mol. The molecule has 0 aliphatic heterocycles. The number of hydrogen-bond acceptors (Lipinski definition) is 4. The highest BCUT2D eigenvalue weighted by molar-refractivity contribution is 6.42. The third-order valence-corrected chi connectivity index (χ3v) is 5.49. The van der Waals surface area contributed by atoms with Crippen molar-refractivity contribution < 1.29 is 14.3 Å². The maximum atomic E-state index is 12.1. The molecule has 10 heteroatoms. The van der Waals surface area contributed by atoms with E-state index in [0.29, 0.717) is 37.6 Å². The van der Waals surface area contributed by atoms with Crippen LogP contribution in [-0.2, 0) is 4.79 Å². The van der Waals surface area contributed by atoms with E-state index in [1.807, 2.05) is 0 Å². The Bertz CT molecular complexity index is 1170. The zero-order valence-electron chi connectivity index (χ0n) is 16.2. The summed E-state index contributed by atoms with van der Waals surface area (Å²) in [6, 6.07) is 16.1. The number of carbonyl (C=O) groups excluding carboxylic acids is 2. The van der Waals surface area contributed by atoms with Crippen LogP contribution in [0.3, 0.4) is 0 Å². The van der Waals surface area contributed by atoms with Crippen molar-refractivity contribution in [2.24, 2.45) is 5.10 Å². The van der Waals surface area contributed by atoms with Gasteiger partial charge in [0, 0.05) is 11.3 Å². The predicted octanol–water partition coefficient (Wildman–Crippen LogP) is 6.08. The lowest BCUT2D eigenvalue weighted by Gasteiger charge is -2.08. The molecule has 0 aromatic heterocycles. The van der Waals surface area contributed by atoms with Crippen molar-refractivity contribution in [1.82, 2.24) is 5.43 Å².